The Kier molecular flexibility index (Phi) is 6.44. The Morgan fingerprint density at radius 1 is 0.562 bits per heavy atom. The van der Waals surface area contributed by atoms with Crippen LogP contribution in [0, 0.1) is 0 Å². The lowest BCUT2D eigenvalue weighted by molar-refractivity contribution is 0.240. The predicted molar refractivity (Wildman–Crippen MR) is 137 cm³/mol. The summed E-state index contributed by atoms with van der Waals surface area (Å²) in [7, 11) is 7.02. The third-order valence-electron chi connectivity index (χ3n) is 5.16. The van der Waals surface area contributed by atoms with Crippen LogP contribution in [0.1, 0.15) is 0 Å². The lowest BCUT2D eigenvalue weighted by atomic mass is 9.94. The molecule has 0 aromatic heterocycles. The quantitative estimate of drug-likeness (QED) is 0.303. The largest absolute Gasteiger partial charge is 0.339 e. The number of hydrogen-bond acceptors (Lipinski definition) is 4. The average molecular weight is 461 g/mol. The Labute approximate surface area is 196 Å². The van der Waals surface area contributed by atoms with Gasteiger partial charge >= 0.3 is 0 Å². The van der Waals surface area contributed by atoms with Gasteiger partial charge in [0.1, 0.15) is 0 Å². The topological polar surface area (TPSA) is 40.6 Å². The molecule has 0 saturated carbocycles. The van der Waals surface area contributed by atoms with E-state index in [9.17, 15) is 9.59 Å². The van der Waals surface area contributed by atoms with Crippen LogP contribution in [0.2, 0.25) is 0 Å². The Morgan fingerprint density at radius 3 is 1.31 bits per heavy atom. The number of amides is 2. The van der Waals surface area contributed by atoms with Gasteiger partial charge in [0, 0.05) is 49.1 Å². The highest BCUT2D eigenvalue weighted by Crippen LogP contribution is 2.45. The normalized spacial score (nSPS) is 11.0. The van der Waals surface area contributed by atoms with Crippen molar-refractivity contribution in [3.05, 3.63) is 72.8 Å². The number of hydrogen-bond donors (Lipinski definition) is 0. The molecule has 4 nitrogen and oxygen atoms in total. The molecule has 0 aliphatic carbocycles. The summed E-state index contributed by atoms with van der Waals surface area (Å²) < 4.78 is 0. The van der Waals surface area contributed by atoms with Crippen LogP contribution in [-0.2, 0) is 0 Å². The minimum absolute atomic E-state index is 0.0414. The molecule has 0 radical (unpaired) electrons. The van der Waals surface area contributed by atoms with E-state index in [1.165, 1.54) is 23.5 Å². The number of benzene rings is 4. The highest BCUT2D eigenvalue weighted by Gasteiger charge is 2.21. The number of carbonyl (C=O) groups is 2. The maximum absolute atomic E-state index is 12.7. The molecule has 0 spiro atoms. The maximum Gasteiger partial charge on any atom is 0.285 e. The standard InChI is InChI=1S/C26H24N2O2S2/c1-27(2)25(29)31-21-15-13-17-9-5-7-11-19(17)23(21)24-20-12-8-6-10-18(20)14-16-22(24)32-26(30)28(3)4/h5-16H,1-4H3. The third kappa shape index (κ3) is 4.33. The van der Waals surface area contributed by atoms with Gasteiger partial charge in [-0.3, -0.25) is 9.59 Å². The van der Waals surface area contributed by atoms with Gasteiger partial charge in [-0.1, -0.05) is 60.7 Å². The third-order valence-corrected chi connectivity index (χ3v) is 7.36. The summed E-state index contributed by atoms with van der Waals surface area (Å²) in [5, 5.41) is 4.21. The lowest BCUT2D eigenvalue weighted by Crippen LogP contribution is -2.16. The molecule has 0 aliphatic rings. The van der Waals surface area contributed by atoms with Crippen molar-refractivity contribution in [2.24, 2.45) is 0 Å². The molecule has 0 N–H and O–H groups in total. The minimum Gasteiger partial charge on any atom is -0.339 e. The van der Waals surface area contributed by atoms with Gasteiger partial charge in [0.05, 0.1) is 0 Å². The Balaban J connectivity index is 2.07. The second kappa shape index (κ2) is 9.27. The van der Waals surface area contributed by atoms with E-state index in [2.05, 4.69) is 24.3 Å². The Hall–Kier alpha value is -2.96. The summed E-state index contributed by atoms with van der Waals surface area (Å²) in [6, 6.07) is 24.5. The van der Waals surface area contributed by atoms with Crippen molar-refractivity contribution in [1.29, 1.82) is 0 Å². The van der Waals surface area contributed by atoms with Crippen molar-refractivity contribution < 1.29 is 9.59 Å². The van der Waals surface area contributed by atoms with Crippen molar-refractivity contribution >= 4 is 55.5 Å². The number of thioether (sulfide) groups is 2. The van der Waals surface area contributed by atoms with Crippen LogP contribution < -0.4 is 0 Å². The molecule has 0 heterocycles. The lowest BCUT2D eigenvalue weighted by Gasteiger charge is -2.20. The van der Waals surface area contributed by atoms with E-state index in [1.807, 2.05) is 48.5 Å². The molecular weight excluding hydrogens is 436 g/mol. The molecule has 6 heteroatoms. The molecule has 4 rings (SSSR count). The van der Waals surface area contributed by atoms with E-state index in [-0.39, 0.29) is 10.5 Å². The van der Waals surface area contributed by atoms with Gasteiger partial charge in [-0.15, -0.1) is 0 Å². The first kappa shape index (κ1) is 22.2. The van der Waals surface area contributed by atoms with Gasteiger partial charge in [0.15, 0.2) is 0 Å². The van der Waals surface area contributed by atoms with E-state index < -0.39 is 0 Å². The monoisotopic (exact) mass is 460 g/mol. The van der Waals surface area contributed by atoms with Crippen LogP contribution in [0.15, 0.2) is 82.6 Å². The molecule has 0 fully saturated rings. The second-order valence-corrected chi connectivity index (χ2v) is 9.83. The average Bonchev–Trinajstić information content (AvgIpc) is 2.79. The second-order valence-electron chi connectivity index (χ2n) is 7.84. The van der Waals surface area contributed by atoms with E-state index in [4.69, 9.17) is 0 Å². The van der Waals surface area contributed by atoms with Gasteiger partial charge in [-0.25, -0.2) is 0 Å². The smallest absolute Gasteiger partial charge is 0.285 e. The fraction of sp³-hybridized carbons (Fsp3) is 0.154. The van der Waals surface area contributed by atoms with Gasteiger partial charge in [-0.2, -0.15) is 0 Å². The fourth-order valence-corrected chi connectivity index (χ4v) is 5.20. The summed E-state index contributed by atoms with van der Waals surface area (Å²) >= 11 is 2.43. The maximum atomic E-state index is 12.7. The zero-order valence-corrected chi connectivity index (χ0v) is 20.1. The molecule has 0 aliphatic heterocycles. The molecule has 162 valence electrons. The molecular formula is C26H24N2O2S2. The summed E-state index contributed by atoms with van der Waals surface area (Å²) in [5.41, 5.74) is 1.96. The number of nitrogens with zero attached hydrogens (tertiary/aromatic N) is 2. The molecule has 32 heavy (non-hydrogen) atoms. The Morgan fingerprint density at radius 2 is 0.938 bits per heavy atom. The molecule has 4 aromatic carbocycles. The van der Waals surface area contributed by atoms with Gasteiger partial charge in [-0.05, 0) is 57.2 Å². The van der Waals surface area contributed by atoms with E-state index in [0.717, 1.165) is 42.5 Å². The van der Waals surface area contributed by atoms with E-state index >= 15 is 0 Å². The van der Waals surface area contributed by atoms with Crippen LogP contribution in [0.25, 0.3) is 32.7 Å². The molecule has 2 amide bonds. The zero-order valence-electron chi connectivity index (χ0n) is 18.5. The van der Waals surface area contributed by atoms with Crippen molar-refractivity contribution in [2.75, 3.05) is 28.2 Å². The number of carbonyl (C=O) groups excluding carboxylic acids is 2. The molecule has 0 bridgehead atoms. The van der Waals surface area contributed by atoms with Crippen LogP contribution in [0.5, 0.6) is 0 Å². The first-order valence-corrected chi connectivity index (χ1v) is 11.8. The highest BCUT2D eigenvalue weighted by atomic mass is 32.2. The summed E-state index contributed by atoms with van der Waals surface area (Å²) in [6.07, 6.45) is 0. The zero-order chi connectivity index (χ0) is 22.8. The Bertz CT molecular complexity index is 1230. The van der Waals surface area contributed by atoms with Crippen LogP contribution in [0.3, 0.4) is 0 Å². The predicted octanol–water partition coefficient (Wildman–Crippen LogP) is 7.21. The molecule has 0 saturated heterocycles. The SMILES string of the molecule is CN(C)C(=O)Sc1ccc2ccccc2c1-c1c(SC(=O)N(C)C)ccc2ccccc12. The number of fused-ring (bicyclic) bond motifs is 2. The van der Waals surface area contributed by atoms with Gasteiger partial charge in [0.25, 0.3) is 10.5 Å². The van der Waals surface area contributed by atoms with Crippen LogP contribution in [0.4, 0.5) is 9.59 Å². The number of rotatable bonds is 3. The first-order chi connectivity index (χ1) is 15.4. The van der Waals surface area contributed by atoms with Gasteiger partial charge in [0.2, 0.25) is 0 Å². The summed E-state index contributed by atoms with van der Waals surface area (Å²) in [5.74, 6) is 0. The summed E-state index contributed by atoms with van der Waals surface area (Å²) in [6.45, 7) is 0. The highest BCUT2D eigenvalue weighted by molar-refractivity contribution is 8.14. The van der Waals surface area contributed by atoms with Crippen LogP contribution in [-0.4, -0.2) is 48.5 Å². The van der Waals surface area contributed by atoms with Crippen molar-refractivity contribution in [3.63, 3.8) is 0 Å². The van der Waals surface area contributed by atoms with Crippen molar-refractivity contribution in [2.45, 2.75) is 9.79 Å². The summed E-state index contributed by atoms with van der Waals surface area (Å²) in [4.78, 5) is 30.2. The minimum atomic E-state index is -0.0414. The fourth-order valence-electron chi connectivity index (χ4n) is 3.56. The van der Waals surface area contributed by atoms with Gasteiger partial charge < -0.3 is 9.80 Å². The molecule has 4 aromatic rings. The van der Waals surface area contributed by atoms with Crippen molar-refractivity contribution in [1.82, 2.24) is 9.80 Å². The van der Waals surface area contributed by atoms with E-state index in [0.29, 0.717) is 0 Å². The van der Waals surface area contributed by atoms with Crippen LogP contribution >= 0.6 is 23.5 Å². The molecule has 0 atom stereocenters. The first-order valence-electron chi connectivity index (χ1n) is 10.2. The van der Waals surface area contributed by atoms with Crippen molar-refractivity contribution in [3.8, 4) is 11.1 Å². The molecule has 0 unspecified atom stereocenters. The van der Waals surface area contributed by atoms with E-state index in [1.54, 1.807) is 38.0 Å².